The Bertz CT molecular complexity index is 617. The molecule has 2 rings (SSSR count). The van der Waals surface area contributed by atoms with Crippen LogP contribution in [0.5, 0.6) is 5.75 Å². The Morgan fingerprint density at radius 3 is 2.62 bits per heavy atom. The van der Waals surface area contributed by atoms with Crippen LogP contribution in [0.3, 0.4) is 0 Å². The van der Waals surface area contributed by atoms with Gasteiger partial charge in [-0.05, 0) is 42.8 Å². The summed E-state index contributed by atoms with van der Waals surface area (Å²) in [5.74, 6) is -0.205. The Morgan fingerprint density at radius 2 is 1.90 bits per heavy atom. The van der Waals surface area contributed by atoms with Crippen molar-refractivity contribution >= 4 is 5.78 Å². The minimum absolute atomic E-state index is 0.259. The van der Waals surface area contributed by atoms with E-state index >= 15 is 0 Å². The second kappa shape index (κ2) is 6.99. The Labute approximate surface area is 123 Å². The van der Waals surface area contributed by atoms with Crippen molar-refractivity contribution < 1.29 is 18.7 Å². The van der Waals surface area contributed by atoms with Crippen LogP contribution in [0.15, 0.2) is 42.5 Å². The van der Waals surface area contributed by atoms with Crippen molar-refractivity contribution in [2.45, 2.75) is 6.92 Å². The fourth-order valence-electron chi connectivity index (χ4n) is 2.04. The molecular weight excluding hydrogens is 271 g/mol. The molecule has 0 spiro atoms. The summed E-state index contributed by atoms with van der Waals surface area (Å²) in [4.78, 5) is 12.5. The van der Waals surface area contributed by atoms with Gasteiger partial charge in [-0.2, -0.15) is 0 Å². The fourth-order valence-corrected chi connectivity index (χ4v) is 2.04. The largest absolute Gasteiger partial charge is 0.490 e. The van der Waals surface area contributed by atoms with Crippen LogP contribution >= 0.6 is 0 Å². The summed E-state index contributed by atoms with van der Waals surface area (Å²) in [5, 5.41) is 0. The summed E-state index contributed by atoms with van der Waals surface area (Å²) in [6, 6.07) is 11.2. The van der Waals surface area contributed by atoms with Crippen molar-refractivity contribution in [2.75, 3.05) is 20.3 Å². The number of hydrogen-bond acceptors (Lipinski definition) is 3. The first-order valence-electron chi connectivity index (χ1n) is 6.64. The Morgan fingerprint density at radius 1 is 1.14 bits per heavy atom. The van der Waals surface area contributed by atoms with E-state index in [1.165, 1.54) is 12.1 Å². The number of halogens is 1. The number of carbonyl (C=O) groups excluding carboxylic acids is 1. The zero-order chi connectivity index (χ0) is 15.2. The molecule has 0 heterocycles. The van der Waals surface area contributed by atoms with E-state index in [9.17, 15) is 9.18 Å². The van der Waals surface area contributed by atoms with E-state index < -0.39 is 5.82 Å². The first-order valence-corrected chi connectivity index (χ1v) is 6.64. The summed E-state index contributed by atoms with van der Waals surface area (Å²) in [6.07, 6.45) is 0. The lowest BCUT2D eigenvalue weighted by Crippen LogP contribution is -2.09. The lowest BCUT2D eigenvalue weighted by molar-refractivity contribution is 0.103. The molecule has 0 saturated heterocycles. The zero-order valence-electron chi connectivity index (χ0n) is 12.1. The van der Waals surface area contributed by atoms with Crippen LogP contribution in [0.25, 0.3) is 0 Å². The Balaban J connectivity index is 2.30. The van der Waals surface area contributed by atoms with Crippen molar-refractivity contribution in [2.24, 2.45) is 0 Å². The zero-order valence-corrected chi connectivity index (χ0v) is 12.1. The van der Waals surface area contributed by atoms with Gasteiger partial charge in [-0.15, -0.1) is 0 Å². The smallest absolute Gasteiger partial charge is 0.196 e. The number of rotatable bonds is 6. The molecule has 0 bridgehead atoms. The monoisotopic (exact) mass is 288 g/mol. The topological polar surface area (TPSA) is 35.5 Å². The maximum Gasteiger partial charge on any atom is 0.196 e. The Hall–Kier alpha value is -2.20. The van der Waals surface area contributed by atoms with Crippen molar-refractivity contribution in [3.8, 4) is 5.75 Å². The summed E-state index contributed by atoms with van der Waals surface area (Å²) in [5.41, 5.74) is 1.44. The van der Waals surface area contributed by atoms with Crippen molar-refractivity contribution in [1.29, 1.82) is 0 Å². The molecule has 3 nitrogen and oxygen atoms in total. The minimum Gasteiger partial charge on any atom is -0.490 e. The number of benzene rings is 2. The predicted octanol–water partition coefficient (Wildman–Crippen LogP) is 3.39. The number of carbonyl (C=O) groups is 1. The molecule has 21 heavy (non-hydrogen) atoms. The van der Waals surface area contributed by atoms with E-state index in [4.69, 9.17) is 9.47 Å². The van der Waals surface area contributed by atoms with Crippen LogP contribution in [-0.2, 0) is 4.74 Å². The highest BCUT2D eigenvalue weighted by molar-refractivity contribution is 6.10. The highest BCUT2D eigenvalue weighted by Gasteiger charge is 2.15. The highest BCUT2D eigenvalue weighted by Crippen LogP contribution is 2.22. The maximum absolute atomic E-state index is 13.5. The van der Waals surface area contributed by atoms with Gasteiger partial charge in [0.15, 0.2) is 5.78 Å². The molecule has 0 radical (unpaired) electrons. The molecule has 0 aromatic heterocycles. The van der Waals surface area contributed by atoms with Crippen LogP contribution in [0.4, 0.5) is 4.39 Å². The van der Waals surface area contributed by atoms with E-state index in [1.807, 2.05) is 0 Å². The lowest BCUT2D eigenvalue weighted by atomic mass is 10.0. The number of aryl methyl sites for hydroxylation is 1. The van der Waals surface area contributed by atoms with Gasteiger partial charge in [0.25, 0.3) is 0 Å². The molecule has 0 saturated carbocycles. The van der Waals surface area contributed by atoms with Crippen molar-refractivity contribution in [1.82, 2.24) is 0 Å². The van der Waals surface area contributed by atoms with Gasteiger partial charge in [-0.3, -0.25) is 4.79 Å². The van der Waals surface area contributed by atoms with Crippen LogP contribution in [0.1, 0.15) is 21.5 Å². The van der Waals surface area contributed by atoms with Gasteiger partial charge in [0.05, 0.1) is 12.2 Å². The summed E-state index contributed by atoms with van der Waals surface area (Å²) in [7, 11) is 1.58. The van der Waals surface area contributed by atoms with E-state index in [0.717, 1.165) is 0 Å². The number of para-hydroxylation sites is 1. The molecule has 0 N–H and O–H groups in total. The molecule has 0 aliphatic rings. The molecule has 0 amide bonds. The van der Waals surface area contributed by atoms with Crippen LogP contribution in [0, 0.1) is 12.7 Å². The summed E-state index contributed by atoms with van der Waals surface area (Å²) in [6.45, 7) is 2.53. The molecule has 0 atom stereocenters. The summed E-state index contributed by atoms with van der Waals surface area (Å²) < 4.78 is 23.9. The average molecular weight is 288 g/mol. The predicted molar refractivity (Wildman–Crippen MR) is 78.4 cm³/mol. The standard InChI is InChI=1S/C17H17FO3/c1-12-9-13(11-14(18)10-12)17(19)15-5-3-4-6-16(15)21-8-7-20-2/h3-6,9-11H,7-8H2,1-2H3. The van der Waals surface area contributed by atoms with Gasteiger partial charge in [0, 0.05) is 12.7 Å². The third kappa shape index (κ3) is 3.89. The highest BCUT2D eigenvalue weighted by atomic mass is 19.1. The molecule has 2 aromatic carbocycles. The van der Waals surface area contributed by atoms with Crippen molar-refractivity contribution in [3.05, 3.63) is 65.0 Å². The van der Waals surface area contributed by atoms with Gasteiger partial charge in [-0.25, -0.2) is 4.39 Å². The number of ether oxygens (including phenoxy) is 2. The first kappa shape index (κ1) is 15.2. The van der Waals surface area contributed by atoms with E-state index in [0.29, 0.717) is 35.7 Å². The number of ketones is 1. The van der Waals surface area contributed by atoms with Gasteiger partial charge >= 0.3 is 0 Å². The Kier molecular flexibility index (Phi) is 5.06. The SMILES string of the molecule is COCCOc1ccccc1C(=O)c1cc(C)cc(F)c1. The fraction of sp³-hybridized carbons (Fsp3) is 0.235. The molecule has 0 unspecified atom stereocenters. The van der Waals surface area contributed by atoms with Crippen molar-refractivity contribution in [3.63, 3.8) is 0 Å². The first-order chi connectivity index (χ1) is 10.1. The molecule has 110 valence electrons. The molecule has 0 aliphatic heterocycles. The average Bonchev–Trinajstić information content (AvgIpc) is 2.46. The third-order valence-electron chi connectivity index (χ3n) is 2.98. The second-order valence-corrected chi connectivity index (χ2v) is 4.68. The second-order valence-electron chi connectivity index (χ2n) is 4.68. The lowest BCUT2D eigenvalue weighted by Gasteiger charge is -2.11. The van der Waals surface area contributed by atoms with E-state index in [2.05, 4.69) is 0 Å². The minimum atomic E-state index is -0.420. The van der Waals surface area contributed by atoms with Crippen LogP contribution in [0.2, 0.25) is 0 Å². The van der Waals surface area contributed by atoms with Gasteiger partial charge in [0.1, 0.15) is 18.2 Å². The van der Waals surface area contributed by atoms with Gasteiger partial charge < -0.3 is 9.47 Å². The molecule has 2 aromatic rings. The molecule has 4 heteroatoms. The maximum atomic E-state index is 13.5. The molecule has 0 fully saturated rings. The van der Waals surface area contributed by atoms with Crippen LogP contribution < -0.4 is 4.74 Å². The number of hydrogen-bond donors (Lipinski definition) is 0. The third-order valence-corrected chi connectivity index (χ3v) is 2.98. The van der Waals surface area contributed by atoms with Crippen LogP contribution in [-0.4, -0.2) is 26.1 Å². The van der Waals surface area contributed by atoms with E-state index in [-0.39, 0.29) is 5.78 Å². The number of methoxy groups -OCH3 is 1. The van der Waals surface area contributed by atoms with Gasteiger partial charge in [0.2, 0.25) is 0 Å². The molecular formula is C17H17FO3. The molecule has 0 aliphatic carbocycles. The normalized spacial score (nSPS) is 10.4. The van der Waals surface area contributed by atoms with Gasteiger partial charge in [-0.1, -0.05) is 12.1 Å². The van der Waals surface area contributed by atoms with E-state index in [1.54, 1.807) is 44.4 Å². The quantitative estimate of drug-likeness (QED) is 0.604. The summed E-state index contributed by atoms with van der Waals surface area (Å²) >= 11 is 0.